The Hall–Kier alpha value is -3.47. The van der Waals surface area contributed by atoms with Gasteiger partial charge in [0.2, 0.25) is 23.6 Å². The molecule has 16 nitrogen and oxygen atoms in total. The number of hydrogen-bond acceptors (Lipinski definition) is 14. The molecule has 4 saturated heterocycles. The number of fused-ring (bicyclic) bond motifs is 2. The summed E-state index contributed by atoms with van der Waals surface area (Å²) < 4.78 is 41.7. The summed E-state index contributed by atoms with van der Waals surface area (Å²) >= 11 is 0. The number of nitrogens with zero attached hydrogens (tertiary/aromatic N) is 1. The lowest BCUT2D eigenvalue weighted by Gasteiger charge is -2.44. The third-order valence-corrected chi connectivity index (χ3v) is 17.3. The highest BCUT2D eigenvalue weighted by Crippen LogP contribution is 2.59. The monoisotopic (exact) mass is 957 g/mol. The zero-order valence-electron chi connectivity index (χ0n) is 41.6. The van der Waals surface area contributed by atoms with E-state index >= 15 is 19.2 Å². The summed E-state index contributed by atoms with van der Waals surface area (Å²) in [5, 5.41) is 2.39. The third kappa shape index (κ3) is 11.0. The number of unbranched alkanes of at least 4 members (excludes halogenated alkanes) is 3. The van der Waals surface area contributed by atoms with Crippen LogP contribution in [-0.2, 0) is 66.7 Å². The van der Waals surface area contributed by atoms with Crippen LogP contribution in [0.25, 0.3) is 0 Å². The van der Waals surface area contributed by atoms with E-state index < -0.39 is 82.7 Å². The largest absolute Gasteiger partial charge is 0.465 e. The lowest BCUT2D eigenvalue weighted by atomic mass is 9.59. The minimum absolute atomic E-state index is 0.000393. The SMILES string of the molecule is CCCCOC(=O)C(CC(OCCCCOCC1CO1)C1C2CC(C(=O)OCC3(CC)COC3)C(C2)C1C)C(C)(C(=O)OCCCC)C1C(=O)N(C2CCCCC2)C(=O)C1C1C(=O)NC(=O)C1C. The highest BCUT2D eigenvalue weighted by atomic mass is 16.6. The van der Waals surface area contributed by atoms with Gasteiger partial charge >= 0.3 is 17.9 Å². The van der Waals surface area contributed by atoms with Crippen molar-refractivity contribution in [3.63, 3.8) is 0 Å². The summed E-state index contributed by atoms with van der Waals surface area (Å²) in [6, 6.07) is -0.456. The molecule has 4 aliphatic heterocycles. The molecule has 13 atom stereocenters. The topological polar surface area (TPSA) is 203 Å². The van der Waals surface area contributed by atoms with Crippen molar-refractivity contribution in [1.29, 1.82) is 0 Å². The molecule has 0 aromatic rings. The smallest absolute Gasteiger partial charge is 0.313 e. The number of likely N-dealkylation sites (tertiary alicyclic amines) is 1. The normalized spacial score (nSPS) is 32.6. The number of epoxide rings is 1. The first kappa shape index (κ1) is 52.4. The molecule has 4 amide bonds. The number of amides is 4. The first-order valence-corrected chi connectivity index (χ1v) is 26.3. The average Bonchev–Trinajstić information content (AvgIpc) is 3.76. The van der Waals surface area contributed by atoms with Crippen LogP contribution in [0.5, 0.6) is 0 Å². The van der Waals surface area contributed by atoms with Gasteiger partial charge in [-0.1, -0.05) is 66.7 Å². The Morgan fingerprint density at radius 3 is 2.13 bits per heavy atom. The molecule has 4 heterocycles. The Bertz CT molecular complexity index is 1800. The Balaban J connectivity index is 1.25. The van der Waals surface area contributed by atoms with Crippen molar-refractivity contribution in [2.45, 2.75) is 156 Å². The van der Waals surface area contributed by atoms with Gasteiger partial charge in [-0.05, 0) is 94.8 Å². The van der Waals surface area contributed by atoms with E-state index in [1.165, 1.54) is 4.90 Å². The number of esters is 3. The quantitative estimate of drug-likeness (QED) is 0.0331. The number of nitrogens with one attached hydrogen (secondary N) is 1. The van der Waals surface area contributed by atoms with E-state index in [0.29, 0.717) is 97.6 Å². The van der Waals surface area contributed by atoms with Crippen LogP contribution in [-0.4, -0.2) is 124 Å². The Morgan fingerprint density at radius 2 is 1.53 bits per heavy atom. The van der Waals surface area contributed by atoms with Crippen molar-refractivity contribution in [1.82, 2.24) is 10.2 Å². The fourth-order valence-electron chi connectivity index (χ4n) is 12.8. The molecule has 3 aliphatic carbocycles. The van der Waals surface area contributed by atoms with Crippen molar-refractivity contribution in [3.8, 4) is 0 Å². The highest BCUT2D eigenvalue weighted by molar-refractivity contribution is 6.13. The molecule has 7 rings (SSSR count). The summed E-state index contributed by atoms with van der Waals surface area (Å²) in [6.07, 6.45) is 9.22. The van der Waals surface area contributed by atoms with Gasteiger partial charge in [-0.3, -0.25) is 43.8 Å². The van der Waals surface area contributed by atoms with Gasteiger partial charge < -0.3 is 33.2 Å². The van der Waals surface area contributed by atoms with Crippen LogP contribution in [0.1, 0.15) is 138 Å². The van der Waals surface area contributed by atoms with E-state index in [4.69, 9.17) is 33.2 Å². The van der Waals surface area contributed by atoms with Gasteiger partial charge in [0.15, 0.2) is 0 Å². The number of ether oxygens (including phenoxy) is 7. The van der Waals surface area contributed by atoms with Crippen LogP contribution >= 0.6 is 0 Å². The van der Waals surface area contributed by atoms with Gasteiger partial charge in [0, 0.05) is 25.2 Å². The molecule has 0 aromatic heterocycles. The van der Waals surface area contributed by atoms with Crippen LogP contribution < -0.4 is 5.32 Å². The van der Waals surface area contributed by atoms with E-state index in [-0.39, 0.29) is 66.7 Å². The second kappa shape index (κ2) is 23.2. The average molecular weight is 957 g/mol. The zero-order chi connectivity index (χ0) is 48.8. The van der Waals surface area contributed by atoms with Gasteiger partial charge in [-0.15, -0.1) is 0 Å². The first-order chi connectivity index (χ1) is 32.7. The maximum atomic E-state index is 15.5. The van der Waals surface area contributed by atoms with Crippen molar-refractivity contribution >= 4 is 41.5 Å². The minimum atomic E-state index is -2.04. The Morgan fingerprint density at radius 1 is 0.838 bits per heavy atom. The van der Waals surface area contributed by atoms with Crippen LogP contribution in [0.4, 0.5) is 0 Å². The van der Waals surface area contributed by atoms with E-state index in [9.17, 15) is 14.4 Å². The molecule has 68 heavy (non-hydrogen) atoms. The summed E-state index contributed by atoms with van der Waals surface area (Å²) in [7, 11) is 0. The van der Waals surface area contributed by atoms with Crippen LogP contribution in [0, 0.1) is 70.0 Å². The lowest BCUT2D eigenvalue weighted by molar-refractivity contribution is -0.181. The van der Waals surface area contributed by atoms with Gasteiger partial charge in [0.25, 0.3) is 0 Å². The number of carbonyl (C=O) groups excluding carboxylic acids is 7. The first-order valence-electron chi connectivity index (χ1n) is 26.3. The fourth-order valence-corrected chi connectivity index (χ4v) is 12.8. The molecule has 13 unspecified atom stereocenters. The van der Waals surface area contributed by atoms with Gasteiger partial charge in [-0.2, -0.15) is 0 Å². The number of imide groups is 2. The Labute approximate surface area is 403 Å². The van der Waals surface area contributed by atoms with Gasteiger partial charge in [0.05, 0.1) is 86.2 Å². The second-order valence-corrected chi connectivity index (χ2v) is 21.6. The molecule has 0 aromatic carbocycles. The summed E-state index contributed by atoms with van der Waals surface area (Å²) in [5.74, 6) is -11.2. The predicted octanol–water partition coefficient (Wildman–Crippen LogP) is 5.99. The maximum Gasteiger partial charge on any atom is 0.313 e. The molecule has 3 saturated carbocycles. The van der Waals surface area contributed by atoms with E-state index in [2.05, 4.69) is 19.2 Å². The van der Waals surface area contributed by atoms with Crippen LogP contribution in [0.2, 0.25) is 0 Å². The Kier molecular flexibility index (Phi) is 17.8. The molecule has 382 valence electrons. The van der Waals surface area contributed by atoms with Crippen LogP contribution in [0.3, 0.4) is 0 Å². The molecule has 0 spiro atoms. The molecule has 0 radical (unpaired) electrons. The number of hydrogen-bond donors (Lipinski definition) is 1. The zero-order valence-corrected chi connectivity index (χ0v) is 41.6. The highest BCUT2D eigenvalue weighted by Gasteiger charge is 2.69. The summed E-state index contributed by atoms with van der Waals surface area (Å²) in [6.45, 7) is 14.9. The molecule has 2 bridgehead atoms. The molecule has 7 aliphatic rings. The molecule has 7 fully saturated rings. The van der Waals surface area contributed by atoms with E-state index in [0.717, 1.165) is 38.5 Å². The maximum absolute atomic E-state index is 15.5. The molecular weight excluding hydrogens is 877 g/mol. The van der Waals surface area contributed by atoms with Crippen molar-refractivity contribution in [2.75, 3.05) is 59.5 Å². The molecule has 16 heteroatoms. The minimum Gasteiger partial charge on any atom is -0.465 e. The van der Waals surface area contributed by atoms with Crippen molar-refractivity contribution in [3.05, 3.63) is 0 Å². The fraction of sp³-hybridized carbons (Fsp3) is 0.865. The van der Waals surface area contributed by atoms with Gasteiger partial charge in [0.1, 0.15) is 12.7 Å². The second-order valence-electron chi connectivity index (χ2n) is 21.6. The number of carbonyl (C=O) groups is 7. The van der Waals surface area contributed by atoms with Crippen molar-refractivity contribution < 1.29 is 66.7 Å². The summed E-state index contributed by atoms with van der Waals surface area (Å²) in [4.78, 5) is 103. The summed E-state index contributed by atoms with van der Waals surface area (Å²) in [5.41, 5.74) is -2.19. The third-order valence-electron chi connectivity index (χ3n) is 17.3. The lowest BCUT2D eigenvalue weighted by Crippen LogP contribution is -2.55. The standard InChI is InChI=1S/C52H80N2O14/c1-7-10-20-65-49(60)38(51(6,50(61)66-21-11-8-2)43-42(41-32(5)44(55)53-45(41)56)46(57)54(47(43)58)34-17-13-12-14-18-34)25-39(64-22-16-15-19-62-26-35-27-67-35)40-31(4)36-23-33(40)24-37(36)48(59)68-30-52(9-3)28-63-29-52/h31-43H,7-30H2,1-6H3,(H,53,55,56). The van der Waals surface area contributed by atoms with Gasteiger partial charge in [-0.25, -0.2) is 0 Å². The molecule has 1 N–H and O–H groups in total. The van der Waals surface area contributed by atoms with E-state index in [1.807, 2.05) is 13.8 Å². The number of rotatable bonds is 27. The predicted molar refractivity (Wildman–Crippen MR) is 246 cm³/mol. The van der Waals surface area contributed by atoms with Crippen LogP contribution in [0.15, 0.2) is 0 Å². The molecular formula is C52H80N2O14. The van der Waals surface area contributed by atoms with Crippen molar-refractivity contribution in [2.24, 2.45) is 70.0 Å². The van der Waals surface area contributed by atoms with E-state index in [1.54, 1.807) is 13.8 Å².